The number of carbonyl (C=O) groups excluding carboxylic acids is 2. The maximum atomic E-state index is 13.8. The average Bonchev–Trinajstić information content (AvgIpc) is 3.21. The first kappa shape index (κ1) is 24.1. The van der Waals surface area contributed by atoms with Crippen LogP contribution in [0.4, 0.5) is 5.69 Å². The molecule has 0 radical (unpaired) electrons. The van der Waals surface area contributed by atoms with Crippen LogP contribution in [-0.4, -0.2) is 54.2 Å². The molecule has 2 saturated heterocycles. The number of hydrogen-bond acceptors (Lipinski definition) is 6. The van der Waals surface area contributed by atoms with Crippen molar-refractivity contribution < 1.29 is 24.2 Å². The highest BCUT2D eigenvalue weighted by molar-refractivity contribution is 6.07. The van der Waals surface area contributed by atoms with Gasteiger partial charge in [-0.05, 0) is 73.4 Å². The highest BCUT2D eigenvalue weighted by Crippen LogP contribution is 2.53. The predicted molar refractivity (Wildman–Crippen MR) is 140 cm³/mol. The Morgan fingerprint density at radius 3 is 2.42 bits per heavy atom. The van der Waals surface area contributed by atoms with Gasteiger partial charge in [0, 0.05) is 37.2 Å². The van der Waals surface area contributed by atoms with E-state index in [2.05, 4.69) is 6.07 Å². The Hall–Kier alpha value is -4.25. The minimum Gasteiger partial charge on any atom is -0.512 e. The van der Waals surface area contributed by atoms with Gasteiger partial charge in [0.1, 0.15) is 0 Å². The quantitative estimate of drug-likeness (QED) is 0.608. The molecule has 194 valence electrons. The standard InChI is InChI=1S/C30H29N3O5/c31-19-20-2-7-23(8-3-20)33-27(21-4-9-24(34)10-5-21)30(29(33)36)12-14-32(15-13-30)28(35)22-6-11-25-26(18-22)38-17-1-16-37-25/h2-4,6-9,11,18,27,34H,1,5,10,12-17H2. The van der Waals surface area contributed by atoms with E-state index < -0.39 is 5.41 Å². The summed E-state index contributed by atoms with van der Waals surface area (Å²) in [7, 11) is 0. The summed E-state index contributed by atoms with van der Waals surface area (Å²) in [6, 6.07) is 14.4. The summed E-state index contributed by atoms with van der Waals surface area (Å²) < 4.78 is 11.5. The predicted octanol–water partition coefficient (Wildman–Crippen LogP) is 4.52. The molecule has 3 heterocycles. The van der Waals surface area contributed by atoms with Crippen LogP contribution >= 0.6 is 0 Å². The van der Waals surface area contributed by atoms with Gasteiger partial charge >= 0.3 is 0 Å². The highest BCUT2D eigenvalue weighted by Gasteiger charge is 2.62. The van der Waals surface area contributed by atoms with Gasteiger partial charge in [-0.3, -0.25) is 9.59 Å². The topological polar surface area (TPSA) is 103 Å². The zero-order valence-electron chi connectivity index (χ0n) is 21.1. The van der Waals surface area contributed by atoms with Crippen molar-refractivity contribution in [3.05, 3.63) is 77.1 Å². The normalized spacial score (nSPS) is 22.1. The van der Waals surface area contributed by atoms with Crippen molar-refractivity contribution >= 4 is 17.5 Å². The summed E-state index contributed by atoms with van der Waals surface area (Å²) in [5.74, 6) is 1.56. The van der Waals surface area contributed by atoms with Crippen molar-refractivity contribution in [2.75, 3.05) is 31.2 Å². The van der Waals surface area contributed by atoms with E-state index in [1.807, 2.05) is 28.0 Å². The molecule has 2 amide bonds. The van der Waals surface area contributed by atoms with E-state index in [1.54, 1.807) is 36.4 Å². The van der Waals surface area contributed by atoms with E-state index >= 15 is 0 Å². The van der Waals surface area contributed by atoms with Crippen LogP contribution in [0.3, 0.4) is 0 Å². The fraction of sp³-hybridized carbons (Fsp3) is 0.367. The first-order valence-electron chi connectivity index (χ1n) is 13.1. The maximum Gasteiger partial charge on any atom is 0.253 e. The van der Waals surface area contributed by atoms with Gasteiger partial charge in [0.15, 0.2) is 11.5 Å². The van der Waals surface area contributed by atoms with E-state index in [0.29, 0.717) is 80.4 Å². The van der Waals surface area contributed by atoms with Crippen molar-refractivity contribution in [2.24, 2.45) is 5.41 Å². The fourth-order valence-corrected chi connectivity index (χ4v) is 6.08. The molecule has 8 heteroatoms. The number of hydrogen-bond donors (Lipinski definition) is 1. The lowest BCUT2D eigenvalue weighted by Gasteiger charge is -2.59. The van der Waals surface area contributed by atoms with Crippen molar-refractivity contribution in [3.63, 3.8) is 0 Å². The van der Waals surface area contributed by atoms with Gasteiger partial charge < -0.3 is 24.4 Å². The molecule has 1 N–H and O–H groups in total. The number of amides is 2. The lowest BCUT2D eigenvalue weighted by Crippen LogP contribution is -2.72. The number of aliphatic hydroxyl groups excluding tert-OH is 1. The number of benzene rings is 2. The summed E-state index contributed by atoms with van der Waals surface area (Å²) >= 11 is 0. The molecule has 0 aromatic heterocycles. The van der Waals surface area contributed by atoms with Gasteiger partial charge in [0.05, 0.1) is 42.1 Å². The number of carbonyl (C=O) groups is 2. The molecule has 0 bridgehead atoms. The van der Waals surface area contributed by atoms with E-state index in [1.165, 1.54) is 0 Å². The van der Waals surface area contributed by atoms with Crippen LogP contribution < -0.4 is 14.4 Å². The molecule has 6 rings (SSSR count). The summed E-state index contributed by atoms with van der Waals surface area (Å²) in [5.41, 5.74) is 2.36. The minimum absolute atomic E-state index is 0.0505. The van der Waals surface area contributed by atoms with E-state index in [9.17, 15) is 20.0 Å². The van der Waals surface area contributed by atoms with Crippen LogP contribution in [0.2, 0.25) is 0 Å². The van der Waals surface area contributed by atoms with Gasteiger partial charge in [0.25, 0.3) is 5.91 Å². The maximum absolute atomic E-state index is 13.8. The number of nitrogens with zero attached hydrogens (tertiary/aromatic N) is 3. The van der Waals surface area contributed by atoms with Gasteiger partial charge in [-0.25, -0.2) is 0 Å². The Morgan fingerprint density at radius 2 is 1.74 bits per heavy atom. The van der Waals surface area contributed by atoms with Crippen molar-refractivity contribution in [1.29, 1.82) is 5.26 Å². The summed E-state index contributed by atoms with van der Waals surface area (Å²) in [6.07, 6.45) is 6.79. The molecule has 2 fully saturated rings. The van der Waals surface area contributed by atoms with Crippen molar-refractivity contribution in [3.8, 4) is 17.6 Å². The number of allylic oxidation sites excluding steroid dienone is 3. The number of piperidine rings is 1. The number of anilines is 1. The first-order chi connectivity index (χ1) is 18.5. The minimum atomic E-state index is -0.595. The van der Waals surface area contributed by atoms with Gasteiger partial charge in [-0.2, -0.15) is 5.26 Å². The monoisotopic (exact) mass is 511 g/mol. The third kappa shape index (κ3) is 3.99. The van der Waals surface area contributed by atoms with Crippen LogP contribution in [0.25, 0.3) is 0 Å². The fourth-order valence-electron chi connectivity index (χ4n) is 6.08. The molecule has 4 aliphatic rings. The second-order valence-corrected chi connectivity index (χ2v) is 10.3. The van der Waals surface area contributed by atoms with E-state index in [4.69, 9.17) is 9.47 Å². The smallest absolute Gasteiger partial charge is 0.253 e. The number of aliphatic hydroxyl groups is 1. The van der Waals surface area contributed by atoms with Crippen LogP contribution in [-0.2, 0) is 4.79 Å². The number of fused-ring (bicyclic) bond motifs is 1. The van der Waals surface area contributed by atoms with Crippen molar-refractivity contribution in [2.45, 2.75) is 38.1 Å². The Bertz CT molecular complexity index is 1380. The zero-order valence-corrected chi connectivity index (χ0v) is 21.1. The average molecular weight is 512 g/mol. The number of rotatable bonds is 3. The van der Waals surface area contributed by atoms with Crippen LogP contribution in [0.15, 0.2) is 65.9 Å². The largest absolute Gasteiger partial charge is 0.512 e. The Kier molecular flexibility index (Phi) is 6.07. The first-order valence-corrected chi connectivity index (χ1v) is 13.1. The summed E-state index contributed by atoms with van der Waals surface area (Å²) in [6.45, 7) is 2.10. The lowest BCUT2D eigenvalue weighted by atomic mass is 9.61. The SMILES string of the molecule is N#Cc1ccc(N2C(=O)C3(CCN(C(=O)c4ccc5c(c4)OCCCO5)CC3)C2C2=CC=C(O)CC2)cc1. The Labute approximate surface area is 221 Å². The van der Waals surface area contributed by atoms with Gasteiger partial charge in [0.2, 0.25) is 5.91 Å². The Balaban J connectivity index is 1.23. The summed E-state index contributed by atoms with van der Waals surface area (Å²) in [5, 5.41) is 19.1. The third-order valence-electron chi connectivity index (χ3n) is 8.15. The molecule has 2 aromatic rings. The molecular formula is C30H29N3O5. The van der Waals surface area contributed by atoms with Crippen LogP contribution in [0.5, 0.6) is 11.5 Å². The van der Waals surface area contributed by atoms with Crippen molar-refractivity contribution in [1.82, 2.24) is 4.90 Å². The lowest BCUT2D eigenvalue weighted by molar-refractivity contribution is -0.142. The molecule has 8 nitrogen and oxygen atoms in total. The molecule has 1 aliphatic carbocycles. The molecule has 38 heavy (non-hydrogen) atoms. The van der Waals surface area contributed by atoms with E-state index in [0.717, 1.165) is 17.7 Å². The number of ether oxygens (including phenoxy) is 2. The summed E-state index contributed by atoms with van der Waals surface area (Å²) in [4.78, 5) is 30.8. The second kappa shape index (κ2) is 9.56. The number of likely N-dealkylation sites (tertiary alicyclic amines) is 1. The zero-order chi connectivity index (χ0) is 26.3. The molecule has 2 aromatic carbocycles. The molecule has 0 saturated carbocycles. The van der Waals surface area contributed by atoms with E-state index in [-0.39, 0.29) is 17.9 Å². The Morgan fingerprint density at radius 1 is 1.00 bits per heavy atom. The second-order valence-electron chi connectivity index (χ2n) is 10.3. The van der Waals surface area contributed by atoms with Crippen LogP contribution in [0, 0.1) is 16.7 Å². The molecule has 1 unspecified atom stereocenters. The van der Waals surface area contributed by atoms with Gasteiger partial charge in [-0.1, -0.05) is 6.08 Å². The van der Waals surface area contributed by atoms with Gasteiger partial charge in [-0.15, -0.1) is 0 Å². The number of β-lactam (4-membered cyclic amide) rings is 1. The van der Waals surface area contributed by atoms with Crippen LogP contribution in [0.1, 0.15) is 48.0 Å². The molecule has 3 aliphatic heterocycles. The highest BCUT2D eigenvalue weighted by atomic mass is 16.5. The number of nitriles is 1. The third-order valence-corrected chi connectivity index (χ3v) is 8.15. The molecular weight excluding hydrogens is 482 g/mol. The molecule has 1 atom stereocenters. The molecule has 1 spiro atoms.